The van der Waals surface area contributed by atoms with Crippen molar-refractivity contribution in [1.82, 2.24) is 20.2 Å². The van der Waals surface area contributed by atoms with E-state index in [0.29, 0.717) is 5.56 Å². The first-order chi connectivity index (χ1) is 12.8. The molecule has 8 heteroatoms. The standard InChI is InChI=1S/C18H14N4O2S2/c23-17(24-9-16-21-14-3-1-2-4-15(14)26-16)13-7-5-12(6-8-13)10-25-18-19-11-20-22-18/h1-8,11H,9-10H2,(H,19,20,22). The second-order valence-electron chi connectivity index (χ2n) is 5.43. The van der Waals surface area contributed by atoms with Gasteiger partial charge in [-0.25, -0.2) is 14.8 Å². The fourth-order valence-electron chi connectivity index (χ4n) is 2.34. The van der Waals surface area contributed by atoms with Crippen molar-refractivity contribution >= 4 is 39.3 Å². The maximum atomic E-state index is 12.2. The van der Waals surface area contributed by atoms with Crippen molar-refractivity contribution in [3.8, 4) is 0 Å². The molecule has 0 aliphatic carbocycles. The van der Waals surface area contributed by atoms with Gasteiger partial charge in [0, 0.05) is 5.75 Å². The lowest BCUT2D eigenvalue weighted by Crippen LogP contribution is -2.05. The maximum absolute atomic E-state index is 12.2. The van der Waals surface area contributed by atoms with E-state index in [2.05, 4.69) is 20.2 Å². The summed E-state index contributed by atoms with van der Waals surface area (Å²) >= 11 is 3.09. The van der Waals surface area contributed by atoms with Gasteiger partial charge in [-0.1, -0.05) is 36.0 Å². The zero-order valence-corrected chi connectivity index (χ0v) is 15.2. The van der Waals surface area contributed by atoms with Crippen LogP contribution in [0.2, 0.25) is 0 Å². The summed E-state index contributed by atoms with van der Waals surface area (Å²) in [6.07, 6.45) is 1.48. The van der Waals surface area contributed by atoms with E-state index in [0.717, 1.165) is 31.7 Å². The highest BCUT2D eigenvalue weighted by Crippen LogP contribution is 2.22. The van der Waals surface area contributed by atoms with Gasteiger partial charge in [0.2, 0.25) is 0 Å². The van der Waals surface area contributed by atoms with Crippen molar-refractivity contribution in [1.29, 1.82) is 0 Å². The molecule has 2 heterocycles. The van der Waals surface area contributed by atoms with Gasteiger partial charge in [-0.05, 0) is 29.8 Å². The molecule has 26 heavy (non-hydrogen) atoms. The van der Waals surface area contributed by atoms with E-state index in [1.165, 1.54) is 17.7 Å². The van der Waals surface area contributed by atoms with E-state index in [1.54, 1.807) is 23.9 Å². The summed E-state index contributed by atoms with van der Waals surface area (Å²) in [7, 11) is 0. The van der Waals surface area contributed by atoms with Crippen molar-refractivity contribution in [2.45, 2.75) is 17.5 Å². The number of thiazole rings is 1. The third kappa shape index (κ3) is 3.92. The third-order valence-electron chi connectivity index (χ3n) is 3.62. The molecule has 0 unspecified atom stereocenters. The maximum Gasteiger partial charge on any atom is 0.338 e. The Morgan fingerprint density at radius 3 is 2.77 bits per heavy atom. The average Bonchev–Trinajstić information content (AvgIpc) is 3.34. The number of nitrogens with one attached hydrogen (secondary N) is 1. The molecule has 130 valence electrons. The van der Waals surface area contributed by atoms with Crippen LogP contribution in [-0.4, -0.2) is 26.1 Å². The number of esters is 1. The van der Waals surface area contributed by atoms with Crippen molar-refractivity contribution in [2.24, 2.45) is 0 Å². The van der Waals surface area contributed by atoms with Gasteiger partial charge in [-0.15, -0.1) is 11.3 Å². The number of thioether (sulfide) groups is 1. The van der Waals surface area contributed by atoms with Crippen LogP contribution in [0.5, 0.6) is 0 Å². The van der Waals surface area contributed by atoms with E-state index >= 15 is 0 Å². The number of hydrogen-bond donors (Lipinski definition) is 1. The van der Waals surface area contributed by atoms with Crippen LogP contribution in [-0.2, 0) is 17.1 Å². The van der Waals surface area contributed by atoms with Crippen LogP contribution in [0.3, 0.4) is 0 Å². The average molecular weight is 382 g/mol. The molecule has 0 aliphatic heterocycles. The van der Waals surface area contributed by atoms with Gasteiger partial charge in [0.1, 0.15) is 17.9 Å². The Morgan fingerprint density at radius 1 is 1.15 bits per heavy atom. The van der Waals surface area contributed by atoms with Gasteiger partial charge in [0.05, 0.1) is 15.8 Å². The van der Waals surface area contributed by atoms with Gasteiger partial charge < -0.3 is 4.74 Å². The molecule has 1 N–H and O–H groups in total. The monoisotopic (exact) mass is 382 g/mol. The minimum absolute atomic E-state index is 0.182. The number of rotatable bonds is 6. The van der Waals surface area contributed by atoms with Crippen LogP contribution < -0.4 is 0 Å². The molecule has 0 aliphatic rings. The first-order valence-corrected chi connectivity index (χ1v) is 9.67. The van der Waals surface area contributed by atoms with E-state index in [9.17, 15) is 4.79 Å². The van der Waals surface area contributed by atoms with Crippen LogP contribution in [0.4, 0.5) is 0 Å². The van der Waals surface area contributed by atoms with Gasteiger partial charge in [-0.2, -0.15) is 5.10 Å². The van der Waals surface area contributed by atoms with Crippen LogP contribution in [0.1, 0.15) is 20.9 Å². The van der Waals surface area contributed by atoms with Gasteiger partial charge in [-0.3, -0.25) is 5.10 Å². The number of hydrogen-bond acceptors (Lipinski definition) is 7. The fraction of sp³-hybridized carbons (Fsp3) is 0.111. The van der Waals surface area contributed by atoms with E-state index in [4.69, 9.17) is 4.74 Å². The predicted molar refractivity (Wildman–Crippen MR) is 101 cm³/mol. The molecule has 0 bridgehead atoms. The number of para-hydroxylation sites is 1. The normalized spacial score (nSPS) is 10.9. The number of fused-ring (bicyclic) bond motifs is 1. The summed E-state index contributed by atoms with van der Waals surface area (Å²) in [5.74, 6) is 0.398. The zero-order valence-electron chi connectivity index (χ0n) is 13.6. The SMILES string of the molecule is O=C(OCc1nc2ccccc2s1)c1ccc(CSc2ncn[nH]2)cc1. The number of aromatic nitrogens is 4. The van der Waals surface area contributed by atoms with E-state index < -0.39 is 0 Å². The molecular weight excluding hydrogens is 368 g/mol. The smallest absolute Gasteiger partial charge is 0.338 e. The molecule has 2 aromatic carbocycles. The largest absolute Gasteiger partial charge is 0.455 e. The summed E-state index contributed by atoms with van der Waals surface area (Å²) in [4.78, 5) is 20.7. The zero-order chi connectivity index (χ0) is 17.8. The topological polar surface area (TPSA) is 80.8 Å². The van der Waals surface area contributed by atoms with Gasteiger partial charge in [0.15, 0.2) is 5.16 Å². The summed E-state index contributed by atoms with van der Waals surface area (Å²) in [5, 5.41) is 8.17. The first kappa shape index (κ1) is 16.7. The number of H-pyrrole nitrogens is 1. The molecule has 0 amide bonds. The Balaban J connectivity index is 1.33. The van der Waals surface area contributed by atoms with Gasteiger partial charge in [0.25, 0.3) is 0 Å². The summed E-state index contributed by atoms with van der Waals surface area (Å²) in [6, 6.07) is 15.3. The highest BCUT2D eigenvalue weighted by Gasteiger charge is 2.10. The van der Waals surface area contributed by atoms with Crippen LogP contribution in [0.25, 0.3) is 10.2 Å². The Hall–Kier alpha value is -2.71. The second kappa shape index (κ2) is 7.67. The van der Waals surface area contributed by atoms with Crippen molar-refractivity contribution in [3.05, 3.63) is 71.0 Å². The Bertz CT molecular complexity index is 980. The molecule has 0 radical (unpaired) electrons. The Kier molecular flexibility index (Phi) is 4.94. The summed E-state index contributed by atoms with van der Waals surface area (Å²) in [5.41, 5.74) is 2.55. The van der Waals surface area contributed by atoms with Crippen LogP contribution in [0.15, 0.2) is 60.0 Å². The van der Waals surface area contributed by atoms with Crippen molar-refractivity contribution in [3.63, 3.8) is 0 Å². The van der Waals surface area contributed by atoms with Crippen molar-refractivity contribution < 1.29 is 9.53 Å². The number of aromatic amines is 1. The molecule has 0 saturated carbocycles. The number of carbonyl (C=O) groups excluding carboxylic acids is 1. The number of benzene rings is 2. The molecule has 0 spiro atoms. The Labute approximate surface area is 157 Å². The number of nitrogens with zero attached hydrogens (tertiary/aromatic N) is 3. The molecule has 0 fully saturated rings. The molecule has 0 atom stereocenters. The molecule has 0 saturated heterocycles. The summed E-state index contributed by atoms with van der Waals surface area (Å²) < 4.78 is 6.47. The van der Waals surface area contributed by atoms with Crippen molar-refractivity contribution in [2.75, 3.05) is 0 Å². The van der Waals surface area contributed by atoms with E-state index in [-0.39, 0.29) is 12.6 Å². The van der Waals surface area contributed by atoms with Gasteiger partial charge >= 0.3 is 5.97 Å². The minimum Gasteiger partial charge on any atom is -0.455 e. The predicted octanol–water partition coefficient (Wildman–Crippen LogP) is 4.06. The van der Waals surface area contributed by atoms with E-state index in [1.807, 2.05) is 36.4 Å². The van der Waals surface area contributed by atoms with Crippen LogP contribution >= 0.6 is 23.1 Å². The quantitative estimate of drug-likeness (QED) is 0.400. The summed E-state index contributed by atoms with van der Waals surface area (Å²) in [6.45, 7) is 0.182. The highest BCUT2D eigenvalue weighted by molar-refractivity contribution is 7.98. The molecule has 4 aromatic rings. The fourth-order valence-corrected chi connectivity index (χ4v) is 3.96. The lowest BCUT2D eigenvalue weighted by atomic mass is 10.1. The van der Waals surface area contributed by atoms with Crippen LogP contribution in [0, 0.1) is 0 Å². The highest BCUT2D eigenvalue weighted by atomic mass is 32.2. The number of carbonyl (C=O) groups is 1. The molecule has 2 aromatic heterocycles. The molecule has 6 nitrogen and oxygen atoms in total. The lowest BCUT2D eigenvalue weighted by Gasteiger charge is -2.04. The Morgan fingerprint density at radius 2 is 2.00 bits per heavy atom. The number of ether oxygens (including phenoxy) is 1. The third-order valence-corrected chi connectivity index (χ3v) is 5.58. The minimum atomic E-state index is -0.348. The lowest BCUT2D eigenvalue weighted by molar-refractivity contribution is 0.0472. The molecular formula is C18H14N4O2S2. The second-order valence-corrected chi connectivity index (χ2v) is 7.51. The molecule has 4 rings (SSSR count). The first-order valence-electron chi connectivity index (χ1n) is 7.86.